The minimum absolute atomic E-state index is 0.231. The van der Waals surface area contributed by atoms with Gasteiger partial charge in [0.2, 0.25) is 5.91 Å². The molecule has 2 aromatic rings. The molecule has 3 rings (SSSR count). The fraction of sp³-hybridized carbons (Fsp3) is 0.263. The number of aliphatic carboxylic acids is 1. The third-order valence-electron chi connectivity index (χ3n) is 4.48. The van der Waals surface area contributed by atoms with Gasteiger partial charge in [0.15, 0.2) is 0 Å². The number of hydrogen-bond acceptors (Lipinski definition) is 3. The molecule has 1 aliphatic carbocycles. The average molecular weight is 325 g/mol. The van der Waals surface area contributed by atoms with Gasteiger partial charge in [0, 0.05) is 11.3 Å². The van der Waals surface area contributed by atoms with Crippen molar-refractivity contribution in [1.29, 1.82) is 0 Å². The van der Waals surface area contributed by atoms with E-state index < -0.39 is 17.8 Å². The van der Waals surface area contributed by atoms with Gasteiger partial charge in [-0.15, -0.1) is 0 Å². The molecule has 2 unspecified atom stereocenters. The molecular formula is C19H19NO4. The molecule has 0 spiro atoms. The fourth-order valence-corrected chi connectivity index (χ4v) is 2.99. The van der Waals surface area contributed by atoms with Crippen LogP contribution < -0.4 is 10.1 Å². The molecule has 2 atom stereocenters. The van der Waals surface area contributed by atoms with Gasteiger partial charge >= 0.3 is 5.97 Å². The first-order valence-corrected chi connectivity index (χ1v) is 7.87. The number of methoxy groups -OCH3 is 1. The SMILES string of the molecule is COc1ccccc1-c1cccc(NC(=O)C2CCC2C(=O)O)c1. The van der Waals surface area contributed by atoms with Crippen molar-refractivity contribution in [2.24, 2.45) is 11.8 Å². The van der Waals surface area contributed by atoms with Crippen LogP contribution in [0.3, 0.4) is 0 Å². The molecule has 5 nitrogen and oxygen atoms in total. The highest BCUT2D eigenvalue weighted by Crippen LogP contribution is 2.36. The Morgan fingerprint density at radius 3 is 2.50 bits per heavy atom. The molecule has 0 bridgehead atoms. The summed E-state index contributed by atoms with van der Waals surface area (Å²) in [6, 6.07) is 15.1. The first-order chi connectivity index (χ1) is 11.6. The van der Waals surface area contributed by atoms with Crippen LogP contribution in [0.4, 0.5) is 5.69 Å². The fourth-order valence-electron chi connectivity index (χ4n) is 2.99. The van der Waals surface area contributed by atoms with E-state index in [9.17, 15) is 9.59 Å². The second-order valence-electron chi connectivity index (χ2n) is 5.90. The second kappa shape index (κ2) is 6.74. The van der Waals surface area contributed by atoms with Crippen LogP contribution in [0.1, 0.15) is 12.8 Å². The lowest BCUT2D eigenvalue weighted by Crippen LogP contribution is -2.41. The van der Waals surface area contributed by atoms with Gasteiger partial charge in [-0.2, -0.15) is 0 Å². The first-order valence-electron chi connectivity index (χ1n) is 7.87. The van der Waals surface area contributed by atoms with Crippen LogP contribution in [0.2, 0.25) is 0 Å². The van der Waals surface area contributed by atoms with Crippen LogP contribution in [0, 0.1) is 11.8 Å². The Labute approximate surface area is 140 Å². The zero-order chi connectivity index (χ0) is 17.1. The zero-order valence-electron chi connectivity index (χ0n) is 13.4. The lowest BCUT2D eigenvalue weighted by molar-refractivity contribution is -0.151. The number of carbonyl (C=O) groups excluding carboxylic acids is 1. The first kappa shape index (κ1) is 16.1. The minimum Gasteiger partial charge on any atom is -0.496 e. The molecule has 2 aromatic carbocycles. The number of anilines is 1. The topological polar surface area (TPSA) is 75.6 Å². The molecule has 24 heavy (non-hydrogen) atoms. The van der Waals surface area contributed by atoms with E-state index in [4.69, 9.17) is 9.84 Å². The Balaban J connectivity index is 1.79. The summed E-state index contributed by atoms with van der Waals surface area (Å²) in [5, 5.41) is 11.9. The molecule has 2 N–H and O–H groups in total. The van der Waals surface area contributed by atoms with Crippen LogP contribution in [0.5, 0.6) is 5.75 Å². The van der Waals surface area contributed by atoms with Gasteiger partial charge in [-0.3, -0.25) is 9.59 Å². The Morgan fingerprint density at radius 2 is 1.83 bits per heavy atom. The molecule has 1 saturated carbocycles. The summed E-state index contributed by atoms with van der Waals surface area (Å²) in [5.74, 6) is -1.39. The van der Waals surface area contributed by atoms with Crippen molar-refractivity contribution < 1.29 is 19.4 Å². The monoisotopic (exact) mass is 325 g/mol. The molecule has 0 radical (unpaired) electrons. The van der Waals surface area contributed by atoms with Crippen LogP contribution in [0.15, 0.2) is 48.5 Å². The number of hydrogen-bond donors (Lipinski definition) is 2. The van der Waals surface area contributed by atoms with Gasteiger partial charge in [-0.05, 0) is 36.6 Å². The van der Waals surface area contributed by atoms with E-state index in [-0.39, 0.29) is 5.91 Å². The summed E-state index contributed by atoms with van der Waals surface area (Å²) in [7, 11) is 1.62. The van der Waals surface area contributed by atoms with E-state index >= 15 is 0 Å². The molecule has 0 saturated heterocycles. The predicted molar refractivity (Wildman–Crippen MR) is 90.9 cm³/mol. The zero-order valence-corrected chi connectivity index (χ0v) is 13.4. The molecule has 124 valence electrons. The van der Waals surface area contributed by atoms with Gasteiger partial charge < -0.3 is 15.2 Å². The molecular weight excluding hydrogens is 306 g/mol. The summed E-state index contributed by atoms with van der Waals surface area (Å²) in [6.07, 6.45) is 1.18. The Morgan fingerprint density at radius 1 is 1.08 bits per heavy atom. The highest BCUT2D eigenvalue weighted by molar-refractivity contribution is 5.96. The largest absolute Gasteiger partial charge is 0.496 e. The third kappa shape index (κ3) is 3.11. The Kier molecular flexibility index (Phi) is 4.51. The van der Waals surface area contributed by atoms with E-state index in [1.807, 2.05) is 42.5 Å². The number of amides is 1. The Hall–Kier alpha value is -2.82. The third-order valence-corrected chi connectivity index (χ3v) is 4.48. The standard InChI is InChI=1S/C19H19NO4/c1-24-17-8-3-2-7-14(17)12-5-4-6-13(11-12)20-18(21)15-9-10-16(15)19(22)23/h2-8,11,15-16H,9-10H2,1H3,(H,20,21)(H,22,23). The van der Waals surface area contributed by atoms with Crippen LogP contribution in [-0.2, 0) is 9.59 Å². The van der Waals surface area contributed by atoms with E-state index in [1.165, 1.54) is 0 Å². The highest BCUT2D eigenvalue weighted by atomic mass is 16.5. The van der Waals surface area contributed by atoms with Crippen molar-refractivity contribution in [3.8, 4) is 16.9 Å². The van der Waals surface area contributed by atoms with Crippen molar-refractivity contribution in [1.82, 2.24) is 0 Å². The number of para-hydroxylation sites is 1. The van der Waals surface area contributed by atoms with E-state index in [0.29, 0.717) is 18.5 Å². The summed E-state index contributed by atoms with van der Waals surface area (Å²) in [6.45, 7) is 0. The normalized spacial score (nSPS) is 19.2. The minimum atomic E-state index is -0.899. The maximum atomic E-state index is 12.3. The quantitative estimate of drug-likeness (QED) is 0.883. The summed E-state index contributed by atoms with van der Waals surface area (Å²) in [5.41, 5.74) is 2.51. The van der Waals surface area contributed by atoms with E-state index in [1.54, 1.807) is 13.2 Å². The number of ether oxygens (including phenoxy) is 1. The number of carboxylic acid groups (broad SMARTS) is 1. The average Bonchev–Trinajstić information content (AvgIpc) is 2.53. The van der Waals surface area contributed by atoms with Crippen molar-refractivity contribution in [3.05, 3.63) is 48.5 Å². The number of benzene rings is 2. The van der Waals surface area contributed by atoms with Crippen LogP contribution >= 0.6 is 0 Å². The molecule has 5 heteroatoms. The Bertz CT molecular complexity index is 771. The van der Waals surface area contributed by atoms with Crippen LogP contribution in [0.25, 0.3) is 11.1 Å². The van der Waals surface area contributed by atoms with Gasteiger partial charge in [0.05, 0.1) is 18.9 Å². The number of nitrogens with one attached hydrogen (secondary N) is 1. The van der Waals surface area contributed by atoms with Gasteiger partial charge in [-0.1, -0.05) is 30.3 Å². The number of carbonyl (C=O) groups is 2. The van der Waals surface area contributed by atoms with Crippen molar-refractivity contribution in [3.63, 3.8) is 0 Å². The number of carboxylic acids is 1. The summed E-state index contributed by atoms with van der Waals surface area (Å²) >= 11 is 0. The molecule has 0 aromatic heterocycles. The van der Waals surface area contributed by atoms with Gasteiger partial charge in [0.1, 0.15) is 5.75 Å². The molecule has 1 fully saturated rings. The van der Waals surface area contributed by atoms with Gasteiger partial charge in [0.25, 0.3) is 0 Å². The highest BCUT2D eigenvalue weighted by Gasteiger charge is 2.41. The van der Waals surface area contributed by atoms with Crippen molar-refractivity contribution in [2.45, 2.75) is 12.8 Å². The van der Waals surface area contributed by atoms with Crippen LogP contribution in [-0.4, -0.2) is 24.1 Å². The second-order valence-corrected chi connectivity index (χ2v) is 5.90. The lowest BCUT2D eigenvalue weighted by atomic mass is 9.73. The van der Waals surface area contributed by atoms with Crippen molar-refractivity contribution in [2.75, 3.05) is 12.4 Å². The smallest absolute Gasteiger partial charge is 0.307 e. The summed E-state index contributed by atoms with van der Waals surface area (Å²) < 4.78 is 5.37. The lowest BCUT2D eigenvalue weighted by Gasteiger charge is -2.31. The van der Waals surface area contributed by atoms with Gasteiger partial charge in [-0.25, -0.2) is 0 Å². The van der Waals surface area contributed by atoms with E-state index in [2.05, 4.69) is 5.32 Å². The molecule has 1 aliphatic rings. The maximum Gasteiger partial charge on any atom is 0.307 e. The summed E-state index contributed by atoms with van der Waals surface area (Å²) in [4.78, 5) is 23.3. The molecule has 1 amide bonds. The number of rotatable bonds is 5. The predicted octanol–water partition coefficient (Wildman–Crippen LogP) is 3.41. The van der Waals surface area contributed by atoms with Crippen molar-refractivity contribution >= 4 is 17.6 Å². The maximum absolute atomic E-state index is 12.3. The molecule has 0 aliphatic heterocycles. The molecule has 0 heterocycles. The van der Waals surface area contributed by atoms with E-state index in [0.717, 1.165) is 16.9 Å².